The van der Waals surface area contributed by atoms with Gasteiger partial charge in [0, 0.05) is 35.5 Å². The van der Waals surface area contributed by atoms with Gasteiger partial charge in [0.05, 0.1) is 16.9 Å². The van der Waals surface area contributed by atoms with Crippen LogP contribution >= 0.6 is 27.3 Å². The maximum absolute atomic E-state index is 12.5. The van der Waals surface area contributed by atoms with Crippen LogP contribution in [0.15, 0.2) is 29.0 Å². The predicted molar refractivity (Wildman–Crippen MR) is 106 cm³/mol. The number of alkyl halides is 1. The average molecular weight is 437 g/mol. The highest BCUT2D eigenvalue weighted by atomic mass is 79.9. The molecule has 1 aliphatic rings. The molecule has 3 heterocycles. The summed E-state index contributed by atoms with van der Waals surface area (Å²) in [6.45, 7) is 1.51. The third-order valence-electron chi connectivity index (χ3n) is 4.73. The van der Waals surface area contributed by atoms with Crippen molar-refractivity contribution in [2.75, 3.05) is 24.7 Å². The van der Waals surface area contributed by atoms with Gasteiger partial charge in [0.1, 0.15) is 10.8 Å². The summed E-state index contributed by atoms with van der Waals surface area (Å²) in [4.78, 5) is 15.8. The van der Waals surface area contributed by atoms with Crippen LogP contribution < -0.4 is 4.90 Å². The highest BCUT2D eigenvalue weighted by molar-refractivity contribution is 9.10. The molecule has 1 N–H and O–H groups in total. The van der Waals surface area contributed by atoms with Gasteiger partial charge in [-0.25, -0.2) is 15.0 Å². The molecule has 0 amide bonds. The first-order chi connectivity index (χ1) is 12.6. The SMILES string of the molecule is Oc1cc(Br)c2nc(-c3cnc(N4CCC(CCF)CC4)nc3)sc2c1. The van der Waals surface area contributed by atoms with E-state index < -0.39 is 0 Å². The molecule has 0 bridgehead atoms. The van der Waals surface area contributed by atoms with Crippen molar-refractivity contribution in [1.29, 1.82) is 0 Å². The van der Waals surface area contributed by atoms with Gasteiger partial charge in [-0.3, -0.25) is 4.39 Å². The highest BCUT2D eigenvalue weighted by Gasteiger charge is 2.21. The molecule has 3 aromatic rings. The molecule has 0 aliphatic carbocycles. The third kappa shape index (κ3) is 3.53. The second kappa shape index (κ2) is 7.44. The Balaban J connectivity index is 1.52. The normalized spacial score (nSPS) is 15.7. The Kier molecular flexibility index (Phi) is 5.04. The number of aromatic nitrogens is 3. The fraction of sp³-hybridized carbons (Fsp3) is 0.389. The lowest BCUT2D eigenvalue weighted by Gasteiger charge is -2.31. The molecule has 8 heteroatoms. The Morgan fingerprint density at radius 2 is 1.96 bits per heavy atom. The van der Waals surface area contributed by atoms with Crippen LogP contribution in [0.5, 0.6) is 5.75 Å². The van der Waals surface area contributed by atoms with Crippen molar-refractivity contribution in [2.24, 2.45) is 5.92 Å². The van der Waals surface area contributed by atoms with E-state index in [0.29, 0.717) is 18.3 Å². The number of fused-ring (bicyclic) bond motifs is 1. The minimum atomic E-state index is -0.230. The van der Waals surface area contributed by atoms with Gasteiger partial charge in [-0.15, -0.1) is 11.3 Å². The van der Waals surface area contributed by atoms with E-state index in [4.69, 9.17) is 0 Å². The summed E-state index contributed by atoms with van der Waals surface area (Å²) < 4.78 is 14.1. The zero-order valence-corrected chi connectivity index (χ0v) is 16.4. The minimum Gasteiger partial charge on any atom is -0.508 e. The lowest BCUT2D eigenvalue weighted by atomic mass is 9.94. The molecule has 0 unspecified atom stereocenters. The first-order valence-electron chi connectivity index (χ1n) is 8.56. The van der Waals surface area contributed by atoms with Crippen LogP contribution in [-0.2, 0) is 0 Å². The van der Waals surface area contributed by atoms with Crippen LogP contribution in [0, 0.1) is 5.92 Å². The monoisotopic (exact) mass is 436 g/mol. The van der Waals surface area contributed by atoms with Crippen LogP contribution in [0.1, 0.15) is 19.3 Å². The number of nitrogens with zero attached hydrogens (tertiary/aromatic N) is 4. The fourth-order valence-electron chi connectivity index (χ4n) is 3.27. The molecule has 1 aliphatic heterocycles. The van der Waals surface area contributed by atoms with Crippen molar-refractivity contribution < 1.29 is 9.50 Å². The molecule has 0 atom stereocenters. The van der Waals surface area contributed by atoms with Crippen LogP contribution in [0.25, 0.3) is 20.8 Å². The number of aromatic hydroxyl groups is 1. The molecule has 1 fully saturated rings. The molecule has 5 nitrogen and oxygen atoms in total. The number of phenols is 1. The van der Waals surface area contributed by atoms with E-state index in [0.717, 1.165) is 51.2 Å². The van der Waals surface area contributed by atoms with Crippen molar-refractivity contribution in [2.45, 2.75) is 19.3 Å². The molecule has 0 radical (unpaired) electrons. The molecule has 136 valence electrons. The van der Waals surface area contributed by atoms with Crippen LogP contribution in [0.2, 0.25) is 0 Å². The summed E-state index contributed by atoms with van der Waals surface area (Å²) in [7, 11) is 0. The van der Waals surface area contributed by atoms with E-state index in [1.54, 1.807) is 24.5 Å². The number of benzene rings is 1. The van der Waals surface area contributed by atoms with Crippen LogP contribution in [0.4, 0.5) is 10.3 Å². The maximum Gasteiger partial charge on any atom is 0.225 e. The van der Waals surface area contributed by atoms with Crippen molar-refractivity contribution >= 4 is 43.4 Å². The number of phenolic OH excluding ortho intramolecular Hbond substituents is 1. The van der Waals surface area contributed by atoms with Gasteiger partial charge < -0.3 is 10.0 Å². The van der Waals surface area contributed by atoms with Crippen molar-refractivity contribution in [1.82, 2.24) is 15.0 Å². The second-order valence-corrected chi connectivity index (χ2v) is 8.36. The zero-order valence-electron chi connectivity index (χ0n) is 14.0. The average Bonchev–Trinajstić information content (AvgIpc) is 3.07. The van der Waals surface area contributed by atoms with Crippen molar-refractivity contribution in [3.8, 4) is 16.3 Å². The van der Waals surface area contributed by atoms with E-state index in [1.165, 1.54) is 11.3 Å². The lowest BCUT2D eigenvalue weighted by Crippen LogP contribution is -2.34. The number of thiazole rings is 1. The van der Waals surface area contributed by atoms with Gasteiger partial charge in [-0.05, 0) is 53.2 Å². The Labute approximate surface area is 163 Å². The minimum absolute atomic E-state index is 0.210. The summed E-state index contributed by atoms with van der Waals surface area (Å²) in [5, 5.41) is 10.5. The molecule has 0 saturated carbocycles. The summed E-state index contributed by atoms with van der Waals surface area (Å²) in [5.41, 5.74) is 1.68. The largest absolute Gasteiger partial charge is 0.508 e. The van der Waals surface area contributed by atoms with Gasteiger partial charge in [-0.2, -0.15) is 0 Å². The number of hydrogen-bond donors (Lipinski definition) is 1. The van der Waals surface area contributed by atoms with E-state index in [9.17, 15) is 9.50 Å². The van der Waals surface area contributed by atoms with Gasteiger partial charge in [0.2, 0.25) is 5.95 Å². The Morgan fingerprint density at radius 3 is 2.65 bits per heavy atom. The first-order valence-corrected chi connectivity index (χ1v) is 10.2. The molecule has 26 heavy (non-hydrogen) atoms. The topological polar surface area (TPSA) is 62.1 Å². The summed E-state index contributed by atoms with van der Waals surface area (Å²) in [6.07, 6.45) is 6.23. The van der Waals surface area contributed by atoms with Crippen molar-refractivity contribution in [3.05, 3.63) is 29.0 Å². The van der Waals surface area contributed by atoms with E-state index in [1.807, 2.05) is 0 Å². The van der Waals surface area contributed by atoms with Crippen LogP contribution in [-0.4, -0.2) is 39.8 Å². The second-order valence-electron chi connectivity index (χ2n) is 6.47. The molecule has 4 rings (SSSR count). The maximum atomic E-state index is 12.5. The summed E-state index contributed by atoms with van der Waals surface area (Å²) in [6, 6.07) is 3.34. The molecule has 2 aromatic heterocycles. The highest BCUT2D eigenvalue weighted by Crippen LogP contribution is 2.36. The number of hydrogen-bond acceptors (Lipinski definition) is 6. The van der Waals surface area contributed by atoms with Crippen molar-refractivity contribution in [3.63, 3.8) is 0 Å². The van der Waals surface area contributed by atoms with Gasteiger partial charge >= 0.3 is 0 Å². The molecule has 1 aromatic carbocycles. The van der Waals surface area contributed by atoms with Gasteiger partial charge in [-0.1, -0.05) is 0 Å². The van der Waals surface area contributed by atoms with E-state index in [-0.39, 0.29) is 12.4 Å². The Hall–Kier alpha value is -1.80. The van der Waals surface area contributed by atoms with Crippen LogP contribution in [0.3, 0.4) is 0 Å². The number of piperidine rings is 1. The molecule has 1 saturated heterocycles. The quantitative estimate of drug-likeness (QED) is 0.636. The Morgan fingerprint density at radius 1 is 1.23 bits per heavy atom. The summed E-state index contributed by atoms with van der Waals surface area (Å²) >= 11 is 4.93. The standard InChI is InChI=1S/C18H18BrFN4OS/c19-14-7-13(25)8-15-16(14)23-17(26-15)12-9-21-18(22-10-12)24-5-2-11(1-4-20)3-6-24/h7-11,25H,1-6H2. The first kappa shape index (κ1) is 17.6. The zero-order chi connectivity index (χ0) is 18.1. The molecular weight excluding hydrogens is 419 g/mol. The fourth-order valence-corrected chi connectivity index (χ4v) is 4.94. The lowest BCUT2D eigenvalue weighted by molar-refractivity contribution is 0.331. The van der Waals surface area contributed by atoms with E-state index >= 15 is 0 Å². The Bertz CT molecular complexity index is 909. The van der Waals surface area contributed by atoms with Gasteiger partial charge in [0.25, 0.3) is 0 Å². The molecular formula is C18H18BrFN4OS. The predicted octanol–water partition coefficient (Wildman–Crippen LogP) is 4.80. The summed E-state index contributed by atoms with van der Waals surface area (Å²) in [5.74, 6) is 1.41. The third-order valence-corrected chi connectivity index (χ3v) is 6.39. The number of anilines is 1. The van der Waals surface area contributed by atoms with E-state index in [2.05, 4.69) is 35.8 Å². The number of rotatable bonds is 4. The van der Waals surface area contributed by atoms with Gasteiger partial charge in [0.15, 0.2) is 0 Å². The molecule has 0 spiro atoms. The smallest absolute Gasteiger partial charge is 0.225 e. The number of halogens is 2.